The van der Waals surface area contributed by atoms with Crippen molar-refractivity contribution in [3.8, 4) is 0 Å². The molecule has 0 aromatic rings. The normalized spacial score (nSPS) is 15.2. The van der Waals surface area contributed by atoms with Crippen molar-refractivity contribution in [1.82, 2.24) is 0 Å². The van der Waals surface area contributed by atoms with Crippen LogP contribution in [-0.2, 0) is 0 Å². The summed E-state index contributed by atoms with van der Waals surface area (Å²) >= 11 is 0. The number of hydrogen-bond donors (Lipinski definition) is 0. The molecule has 0 rings (SSSR count). The molecule has 0 heterocycles. The van der Waals surface area contributed by atoms with Gasteiger partial charge in [-0.2, -0.15) is 0 Å². The maximum Gasteiger partial charge on any atom is 0.0365 e. The first kappa shape index (κ1) is 11.4. The average molecular weight is 167 g/mol. The Balaban J connectivity index is 4.86. The van der Waals surface area contributed by atoms with Gasteiger partial charge in [0, 0.05) is 11.9 Å². The van der Waals surface area contributed by atoms with E-state index in [9.17, 15) is 0 Å². The van der Waals surface area contributed by atoms with Gasteiger partial charge in [-0.25, -0.2) is 0 Å². The topological polar surface area (TPSA) is 12.4 Å². The van der Waals surface area contributed by atoms with Crippen LogP contribution in [0.2, 0.25) is 0 Å². The Morgan fingerprint density at radius 2 is 1.83 bits per heavy atom. The average Bonchev–Trinajstić information content (AvgIpc) is 1.85. The van der Waals surface area contributed by atoms with E-state index >= 15 is 0 Å². The molecule has 70 valence electrons. The molecule has 0 aliphatic heterocycles. The van der Waals surface area contributed by atoms with Gasteiger partial charge in [-0.1, -0.05) is 27.7 Å². The van der Waals surface area contributed by atoms with Gasteiger partial charge in [-0.05, 0) is 31.3 Å². The molecule has 0 amide bonds. The predicted octanol–water partition coefficient (Wildman–Crippen LogP) is 3.81. The van der Waals surface area contributed by atoms with Crippen LogP contribution in [0.1, 0.15) is 48.0 Å². The van der Waals surface area contributed by atoms with E-state index in [0.29, 0.717) is 0 Å². The number of aliphatic imine (C=N–C) groups is 1. The maximum absolute atomic E-state index is 4.32. The van der Waals surface area contributed by atoms with Gasteiger partial charge < -0.3 is 0 Å². The van der Waals surface area contributed by atoms with Gasteiger partial charge >= 0.3 is 0 Å². The Bertz CT molecular complexity index is 192. The van der Waals surface area contributed by atoms with Crippen LogP contribution in [0.5, 0.6) is 0 Å². The molecule has 0 aromatic heterocycles. The molecular weight excluding hydrogens is 146 g/mol. The predicted molar refractivity (Wildman–Crippen MR) is 56.6 cm³/mol. The van der Waals surface area contributed by atoms with Gasteiger partial charge in [0.25, 0.3) is 0 Å². The Hall–Kier alpha value is -0.590. The monoisotopic (exact) mass is 167 g/mol. The second-order valence-corrected chi connectivity index (χ2v) is 4.05. The number of rotatable bonds is 2. The van der Waals surface area contributed by atoms with E-state index in [0.717, 1.165) is 6.42 Å². The summed E-state index contributed by atoms with van der Waals surface area (Å²) < 4.78 is 0. The van der Waals surface area contributed by atoms with Crippen LogP contribution >= 0.6 is 0 Å². The van der Waals surface area contributed by atoms with Crippen LogP contribution in [0.15, 0.2) is 16.3 Å². The molecular formula is C11H21N. The molecule has 0 atom stereocenters. The Morgan fingerprint density at radius 3 is 2.08 bits per heavy atom. The third-order valence-corrected chi connectivity index (χ3v) is 2.02. The first-order chi connectivity index (χ1) is 5.43. The summed E-state index contributed by atoms with van der Waals surface area (Å²) in [5.41, 5.74) is 2.87. The van der Waals surface area contributed by atoms with Crippen LogP contribution in [0.3, 0.4) is 0 Å². The van der Waals surface area contributed by atoms with Crippen molar-refractivity contribution < 1.29 is 0 Å². The highest BCUT2D eigenvalue weighted by atomic mass is 14.7. The minimum atomic E-state index is 0.255. The van der Waals surface area contributed by atoms with Crippen LogP contribution in [0.25, 0.3) is 0 Å². The number of allylic oxidation sites excluding steroid dienone is 2. The van der Waals surface area contributed by atoms with Gasteiger partial charge in [0.2, 0.25) is 0 Å². The number of hydrogen-bond acceptors (Lipinski definition) is 1. The van der Waals surface area contributed by atoms with E-state index in [4.69, 9.17) is 0 Å². The van der Waals surface area contributed by atoms with Crippen molar-refractivity contribution in [3.63, 3.8) is 0 Å². The molecule has 12 heavy (non-hydrogen) atoms. The fourth-order valence-corrected chi connectivity index (χ4v) is 1.60. The van der Waals surface area contributed by atoms with Gasteiger partial charge in [-0.15, -0.1) is 0 Å². The molecule has 0 aliphatic carbocycles. The summed E-state index contributed by atoms with van der Waals surface area (Å²) in [7, 11) is 0. The second-order valence-electron chi connectivity index (χ2n) is 4.05. The quantitative estimate of drug-likeness (QED) is 0.555. The van der Waals surface area contributed by atoms with E-state index in [1.165, 1.54) is 11.3 Å². The van der Waals surface area contributed by atoms with Gasteiger partial charge in [0.1, 0.15) is 0 Å². The maximum atomic E-state index is 4.32. The molecule has 0 saturated carbocycles. The second kappa shape index (κ2) is 4.44. The lowest BCUT2D eigenvalue weighted by atomic mass is 9.84. The van der Waals surface area contributed by atoms with Crippen molar-refractivity contribution in [2.75, 3.05) is 0 Å². The summed E-state index contributed by atoms with van der Waals surface area (Å²) in [5, 5.41) is 0. The minimum Gasteiger partial charge on any atom is -0.266 e. The smallest absolute Gasteiger partial charge is 0.0365 e. The van der Waals surface area contributed by atoms with Crippen molar-refractivity contribution in [2.45, 2.75) is 48.0 Å². The molecule has 0 bridgehead atoms. The summed E-state index contributed by atoms with van der Waals surface area (Å²) in [5.74, 6) is 0. The lowest BCUT2D eigenvalue weighted by molar-refractivity contribution is 0.481. The lowest BCUT2D eigenvalue weighted by Crippen LogP contribution is -2.10. The van der Waals surface area contributed by atoms with Gasteiger partial charge in [-0.3, -0.25) is 4.99 Å². The van der Waals surface area contributed by atoms with E-state index in [1.807, 2.05) is 13.1 Å². The SMILES string of the molecule is CC=N/C(C)=C(\CC)C(C)(C)C. The third kappa shape index (κ3) is 3.21. The highest BCUT2D eigenvalue weighted by Crippen LogP contribution is 2.30. The largest absolute Gasteiger partial charge is 0.266 e. The zero-order chi connectivity index (χ0) is 9.78. The highest BCUT2D eigenvalue weighted by molar-refractivity contribution is 5.55. The highest BCUT2D eigenvalue weighted by Gasteiger charge is 2.17. The molecule has 0 aliphatic rings. The molecule has 0 unspecified atom stereocenters. The summed E-state index contributed by atoms with van der Waals surface area (Å²) in [6.07, 6.45) is 2.95. The van der Waals surface area contributed by atoms with E-state index in [-0.39, 0.29) is 5.41 Å². The van der Waals surface area contributed by atoms with E-state index in [2.05, 4.69) is 39.6 Å². The molecule has 0 fully saturated rings. The first-order valence-electron chi connectivity index (χ1n) is 4.62. The Kier molecular flexibility index (Phi) is 4.22. The van der Waals surface area contributed by atoms with E-state index in [1.54, 1.807) is 0 Å². The number of nitrogens with zero attached hydrogens (tertiary/aromatic N) is 1. The molecule has 0 aromatic carbocycles. The lowest BCUT2D eigenvalue weighted by Gasteiger charge is -2.23. The standard InChI is InChI=1S/C11H21N/c1-7-10(11(4,5)6)9(3)12-8-2/h8H,7H2,1-6H3/b10-9+,12-8?. The van der Waals surface area contributed by atoms with Crippen molar-refractivity contribution >= 4 is 6.21 Å². The summed E-state index contributed by atoms with van der Waals surface area (Å²) in [6.45, 7) is 12.9. The van der Waals surface area contributed by atoms with Crippen molar-refractivity contribution in [3.05, 3.63) is 11.3 Å². The summed E-state index contributed by atoms with van der Waals surface area (Å²) in [6, 6.07) is 0. The summed E-state index contributed by atoms with van der Waals surface area (Å²) in [4.78, 5) is 4.32. The molecule has 0 spiro atoms. The van der Waals surface area contributed by atoms with Crippen LogP contribution < -0.4 is 0 Å². The van der Waals surface area contributed by atoms with E-state index < -0.39 is 0 Å². The minimum absolute atomic E-state index is 0.255. The molecule has 0 N–H and O–H groups in total. The third-order valence-electron chi connectivity index (χ3n) is 2.02. The van der Waals surface area contributed by atoms with Gasteiger partial charge in [0.15, 0.2) is 0 Å². The molecule has 0 saturated heterocycles. The Morgan fingerprint density at radius 1 is 1.33 bits per heavy atom. The molecule has 1 heteroatoms. The Labute approximate surface area is 76.6 Å². The van der Waals surface area contributed by atoms with Crippen LogP contribution in [0.4, 0.5) is 0 Å². The fourth-order valence-electron chi connectivity index (χ4n) is 1.60. The van der Waals surface area contributed by atoms with Crippen LogP contribution in [0, 0.1) is 5.41 Å². The van der Waals surface area contributed by atoms with Crippen LogP contribution in [-0.4, -0.2) is 6.21 Å². The van der Waals surface area contributed by atoms with Gasteiger partial charge in [0.05, 0.1) is 0 Å². The first-order valence-corrected chi connectivity index (χ1v) is 4.62. The zero-order valence-corrected chi connectivity index (χ0v) is 9.23. The van der Waals surface area contributed by atoms with Crippen molar-refractivity contribution in [1.29, 1.82) is 0 Å². The molecule has 0 radical (unpaired) electrons. The molecule has 1 nitrogen and oxygen atoms in total. The van der Waals surface area contributed by atoms with Crippen molar-refractivity contribution in [2.24, 2.45) is 10.4 Å². The fraction of sp³-hybridized carbons (Fsp3) is 0.727. The zero-order valence-electron chi connectivity index (χ0n) is 9.23.